The van der Waals surface area contributed by atoms with E-state index in [9.17, 15) is 18.8 Å². The molecule has 2 heterocycles. The van der Waals surface area contributed by atoms with Crippen LogP contribution >= 0.6 is 0 Å². The first-order chi connectivity index (χ1) is 22.0. The van der Waals surface area contributed by atoms with Crippen molar-refractivity contribution in [3.63, 3.8) is 0 Å². The molecule has 5 rings (SSSR count). The van der Waals surface area contributed by atoms with Crippen molar-refractivity contribution in [2.24, 2.45) is 0 Å². The number of carbonyl (C=O) groups is 3. The third kappa shape index (κ3) is 8.96. The second-order valence-electron chi connectivity index (χ2n) is 12.3. The predicted octanol–water partition coefficient (Wildman–Crippen LogP) is 5.18. The molecule has 1 aromatic heterocycles. The Morgan fingerprint density at radius 1 is 0.891 bits per heavy atom. The van der Waals surface area contributed by atoms with Gasteiger partial charge in [0.1, 0.15) is 5.82 Å². The molecule has 0 bridgehead atoms. The molecule has 0 radical (unpaired) electrons. The van der Waals surface area contributed by atoms with Gasteiger partial charge in [0.25, 0.3) is 0 Å². The van der Waals surface area contributed by atoms with Crippen molar-refractivity contribution in [3.05, 3.63) is 90.0 Å². The number of rotatable bonds is 12. The number of pyridine rings is 1. The second-order valence-corrected chi connectivity index (χ2v) is 12.3. The Labute approximate surface area is 267 Å². The van der Waals surface area contributed by atoms with Crippen molar-refractivity contribution in [1.82, 2.24) is 10.3 Å². The van der Waals surface area contributed by atoms with Gasteiger partial charge >= 0.3 is 17.9 Å². The first-order valence-corrected chi connectivity index (χ1v) is 15.4. The smallest absolute Gasteiger partial charge is 0.336 e. The summed E-state index contributed by atoms with van der Waals surface area (Å²) in [7, 11) is 0. The Morgan fingerprint density at radius 2 is 1.52 bits per heavy atom. The number of carboxylic acid groups (broad SMARTS) is 3. The zero-order chi connectivity index (χ0) is 33.2. The molecule has 1 spiro atoms. The molecule has 2 fully saturated rings. The molecule has 1 aliphatic heterocycles. The van der Waals surface area contributed by atoms with Crippen LogP contribution in [0.2, 0.25) is 0 Å². The lowest BCUT2D eigenvalue weighted by Gasteiger charge is -2.47. The van der Waals surface area contributed by atoms with E-state index < -0.39 is 36.4 Å². The highest BCUT2D eigenvalue weighted by Gasteiger charge is 2.47. The Bertz CT molecular complexity index is 1460. The van der Waals surface area contributed by atoms with E-state index in [4.69, 9.17) is 25.2 Å². The van der Waals surface area contributed by atoms with E-state index in [0.29, 0.717) is 0 Å². The first-order valence-electron chi connectivity index (χ1n) is 15.4. The number of benzene rings is 2. The minimum Gasteiger partial charge on any atom is -0.481 e. The van der Waals surface area contributed by atoms with Crippen LogP contribution in [-0.4, -0.2) is 67.7 Å². The lowest BCUT2D eigenvalue weighted by Crippen LogP contribution is -2.47. The highest BCUT2D eigenvalue weighted by atomic mass is 19.1. The highest BCUT2D eigenvalue weighted by Crippen LogP contribution is 2.50. The van der Waals surface area contributed by atoms with Gasteiger partial charge in [-0.3, -0.25) is 14.6 Å². The van der Waals surface area contributed by atoms with Crippen LogP contribution < -0.4 is 5.32 Å². The summed E-state index contributed by atoms with van der Waals surface area (Å²) >= 11 is 0. The number of aromatic nitrogens is 1. The van der Waals surface area contributed by atoms with Crippen molar-refractivity contribution < 1.29 is 43.9 Å². The van der Waals surface area contributed by atoms with Crippen molar-refractivity contribution in [3.8, 4) is 11.1 Å². The number of aliphatic hydroxyl groups is 1. The molecule has 2 aromatic carbocycles. The summed E-state index contributed by atoms with van der Waals surface area (Å²) in [5.74, 6) is -5.18. The molecule has 1 atom stereocenters. The Balaban J connectivity index is 0.000000315. The lowest BCUT2D eigenvalue weighted by atomic mass is 9.66. The second kappa shape index (κ2) is 15.4. The number of hydrogen-bond acceptors (Lipinski definition) is 7. The average molecular weight is 637 g/mol. The van der Waals surface area contributed by atoms with Crippen molar-refractivity contribution in [1.29, 1.82) is 0 Å². The number of nitrogens with one attached hydrogen (secondary N) is 1. The maximum Gasteiger partial charge on any atom is 0.336 e. The van der Waals surface area contributed by atoms with Crippen LogP contribution in [0.25, 0.3) is 11.1 Å². The van der Waals surface area contributed by atoms with Gasteiger partial charge in [0.05, 0.1) is 18.4 Å². The number of carboxylic acids is 3. The third-order valence-corrected chi connectivity index (χ3v) is 9.01. The summed E-state index contributed by atoms with van der Waals surface area (Å²) in [6.45, 7) is 2.53. The van der Waals surface area contributed by atoms with Crippen LogP contribution in [-0.2, 0) is 31.1 Å². The van der Waals surface area contributed by atoms with E-state index >= 15 is 0 Å². The lowest BCUT2D eigenvalue weighted by molar-refractivity contribution is -0.170. The minimum atomic E-state index is -2.74. The van der Waals surface area contributed by atoms with Gasteiger partial charge in [-0.1, -0.05) is 49.2 Å². The monoisotopic (exact) mass is 636 g/mol. The van der Waals surface area contributed by atoms with Crippen LogP contribution in [0, 0.1) is 5.82 Å². The maximum atomic E-state index is 13.7. The van der Waals surface area contributed by atoms with E-state index in [2.05, 4.69) is 46.7 Å². The number of aliphatic carboxylic acids is 3. The molecule has 10 nitrogen and oxygen atoms in total. The fraction of sp³-hybridized carbons (Fsp3) is 0.429. The summed E-state index contributed by atoms with van der Waals surface area (Å²) < 4.78 is 20.1. The molecular weight excluding hydrogens is 595 g/mol. The zero-order valence-electron chi connectivity index (χ0n) is 25.7. The molecule has 46 heavy (non-hydrogen) atoms. The van der Waals surface area contributed by atoms with Gasteiger partial charge in [-0.15, -0.1) is 0 Å². The quantitative estimate of drug-likeness (QED) is 0.167. The van der Waals surface area contributed by atoms with Crippen LogP contribution in [0.4, 0.5) is 4.39 Å². The molecule has 5 N–H and O–H groups in total. The standard InChI is InChI=1S/C29H33FN2O.C6H8O7/c30-26-9-7-25(8-10-26)28(16-20-33-29(22-28)13-3-4-14-29)15-19-32-21-24-5-1-2-6-27(24)23-11-17-31-18-12-23;7-3(8)1-6(13,5(11)12)2-4(9)10/h1-2,5-12,17-18,32H,3-4,13-16,19-22H2;13H,1-2H2,(H,7,8)(H,9,10)(H,11,12). The van der Waals surface area contributed by atoms with Crippen molar-refractivity contribution in [2.45, 2.75) is 80.9 Å². The van der Waals surface area contributed by atoms with Crippen LogP contribution in [0.3, 0.4) is 0 Å². The molecule has 246 valence electrons. The SMILES string of the molecule is Fc1ccc(C2(CCNCc3ccccc3-c3ccncc3)CCOC3(CCCC3)C2)cc1.O=C(O)CC(O)(CC(=O)O)C(=O)O. The fourth-order valence-electron chi connectivity index (χ4n) is 6.72. The first kappa shape index (κ1) is 34.7. The molecule has 3 aromatic rings. The summed E-state index contributed by atoms with van der Waals surface area (Å²) in [6, 6.07) is 19.9. The van der Waals surface area contributed by atoms with E-state index in [-0.39, 0.29) is 16.8 Å². The van der Waals surface area contributed by atoms with E-state index in [1.165, 1.54) is 35.1 Å². The number of halogens is 1. The Kier molecular flexibility index (Phi) is 11.6. The predicted molar refractivity (Wildman–Crippen MR) is 168 cm³/mol. The van der Waals surface area contributed by atoms with Gasteiger partial charge in [-0.2, -0.15) is 0 Å². The highest BCUT2D eigenvalue weighted by molar-refractivity contribution is 5.88. The molecule has 1 saturated carbocycles. The summed E-state index contributed by atoms with van der Waals surface area (Å²) in [6.07, 6.45) is 9.28. The van der Waals surface area contributed by atoms with E-state index in [0.717, 1.165) is 51.8 Å². The Hall–Kier alpha value is -4.19. The molecule has 11 heteroatoms. The molecular formula is C35H41FN2O8. The summed E-state index contributed by atoms with van der Waals surface area (Å²) in [5, 5.41) is 37.5. The van der Waals surface area contributed by atoms with Crippen molar-refractivity contribution >= 4 is 17.9 Å². The Morgan fingerprint density at radius 3 is 2.13 bits per heavy atom. The summed E-state index contributed by atoms with van der Waals surface area (Å²) in [4.78, 5) is 34.6. The molecule has 0 amide bonds. The van der Waals surface area contributed by atoms with Crippen LogP contribution in [0.1, 0.15) is 68.9 Å². The summed E-state index contributed by atoms with van der Waals surface area (Å²) in [5.41, 5.74) is 2.30. The van der Waals surface area contributed by atoms with E-state index in [1.54, 1.807) is 12.1 Å². The zero-order valence-corrected chi connectivity index (χ0v) is 25.7. The number of hydrogen-bond donors (Lipinski definition) is 5. The van der Waals surface area contributed by atoms with Crippen LogP contribution in [0.15, 0.2) is 73.1 Å². The van der Waals surface area contributed by atoms with Gasteiger partial charge < -0.3 is 30.5 Å². The molecule has 1 unspecified atom stereocenters. The minimum absolute atomic E-state index is 0.0145. The normalized spacial score (nSPS) is 18.8. The van der Waals surface area contributed by atoms with Gasteiger partial charge in [0.15, 0.2) is 5.60 Å². The topological polar surface area (TPSA) is 166 Å². The van der Waals surface area contributed by atoms with Crippen molar-refractivity contribution in [2.75, 3.05) is 13.2 Å². The largest absolute Gasteiger partial charge is 0.481 e. The number of ether oxygens (including phenoxy) is 1. The van der Waals surface area contributed by atoms with E-state index in [1.807, 2.05) is 24.5 Å². The van der Waals surface area contributed by atoms with Gasteiger partial charge in [0, 0.05) is 31.0 Å². The van der Waals surface area contributed by atoms with Gasteiger partial charge in [0.2, 0.25) is 0 Å². The molecule has 1 aliphatic carbocycles. The van der Waals surface area contributed by atoms with Gasteiger partial charge in [-0.25, -0.2) is 9.18 Å². The number of nitrogens with zero attached hydrogens (tertiary/aromatic N) is 1. The molecule has 2 aliphatic rings. The third-order valence-electron chi connectivity index (χ3n) is 9.01. The van der Waals surface area contributed by atoms with Crippen LogP contribution in [0.5, 0.6) is 0 Å². The maximum absolute atomic E-state index is 13.7. The fourth-order valence-corrected chi connectivity index (χ4v) is 6.72. The average Bonchev–Trinajstić information content (AvgIpc) is 3.46. The van der Waals surface area contributed by atoms with Gasteiger partial charge in [-0.05, 0) is 85.2 Å². The molecule has 1 saturated heterocycles.